The molecule has 1 fully saturated rings. The van der Waals surface area contributed by atoms with E-state index in [9.17, 15) is 23.1 Å². The molecule has 136 valence electrons. The van der Waals surface area contributed by atoms with Crippen molar-refractivity contribution in [2.45, 2.75) is 44.5 Å². The van der Waals surface area contributed by atoms with Crippen molar-refractivity contribution in [1.82, 2.24) is 5.01 Å². The van der Waals surface area contributed by atoms with Crippen LogP contribution in [0.3, 0.4) is 0 Å². The van der Waals surface area contributed by atoms with Crippen molar-refractivity contribution in [1.29, 1.82) is 0 Å². The zero-order chi connectivity index (χ0) is 18.2. The third-order valence-electron chi connectivity index (χ3n) is 4.71. The fourth-order valence-corrected chi connectivity index (χ4v) is 3.38. The molecule has 1 aliphatic heterocycles. The van der Waals surface area contributed by atoms with E-state index in [4.69, 9.17) is 4.74 Å². The van der Waals surface area contributed by atoms with Crippen LogP contribution in [0.2, 0.25) is 0 Å². The summed E-state index contributed by atoms with van der Waals surface area (Å²) in [4.78, 5) is 12.4. The van der Waals surface area contributed by atoms with Crippen molar-refractivity contribution in [2.24, 2.45) is 11.0 Å². The van der Waals surface area contributed by atoms with Gasteiger partial charge in [0.2, 0.25) is 0 Å². The van der Waals surface area contributed by atoms with E-state index < -0.39 is 30.3 Å². The minimum Gasteiger partial charge on any atom is -0.483 e. The Morgan fingerprint density at radius 1 is 1.40 bits per heavy atom. The van der Waals surface area contributed by atoms with E-state index in [-0.39, 0.29) is 17.1 Å². The third kappa shape index (κ3) is 2.99. The number of nitrogens with zero attached hydrogens (tertiary/aromatic N) is 2. The fourth-order valence-electron chi connectivity index (χ4n) is 3.38. The number of aryl methyl sites for hydroxylation is 1. The monoisotopic (exact) mass is 356 g/mol. The molecule has 2 atom stereocenters. The number of halogens is 3. The molecule has 3 rings (SSSR count). The number of carbonyl (C=O) groups is 1. The zero-order valence-corrected chi connectivity index (χ0v) is 13.7. The van der Waals surface area contributed by atoms with Crippen LogP contribution >= 0.6 is 0 Å². The lowest BCUT2D eigenvalue weighted by molar-refractivity contribution is -0.317. The molecule has 0 saturated heterocycles. The van der Waals surface area contributed by atoms with Gasteiger partial charge in [-0.1, -0.05) is 24.6 Å². The van der Waals surface area contributed by atoms with Crippen molar-refractivity contribution < 1.29 is 27.8 Å². The van der Waals surface area contributed by atoms with E-state index in [1.54, 1.807) is 31.2 Å². The van der Waals surface area contributed by atoms with Gasteiger partial charge in [-0.3, -0.25) is 4.79 Å². The van der Waals surface area contributed by atoms with Crippen LogP contribution < -0.4 is 4.74 Å². The number of hydrogen-bond donors (Lipinski definition) is 1. The number of hydrazone groups is 1. The Labute approximate surface area is 143 Å². The number of fused-ring (bicyclic) bond motifs is 1. The van der Waals surface area contributed by atoms with Crippen LogP contribution in [-0.4, -0.2) is 40.2 Å². The van der Waals surface area contributed by atoms with Crippen LogP contribution in [0.25, 0.3) is 0 Å². The number of para-hydroxylation sites is 1. The minimum atomic E-state index is -5.00. The summed E-state index contributed by atoms with van der Waals surface area (Å²) in [6.45, 7) is 1.13. The van der Waals surface area contributed by atoms with Crippen molar-refractivity contribution in [2.75, 3.05) is 6.61 Å². The lowest BCUT2D eigenvalue weighted by Gasteiger charge is -2.38. The summed E-state index contributed by atoms with van der Waals surface area (Å²) >= 11 is 0. The highest BCUT2D eigenvalue weighted by atomic mass is 19.4. The topological polar surface area (TPSA) is 62.1 Å². The largest absolute Gasteiger partial charge is 0.483 e. The molecule has 1 aromatic rings. The van der Waals surface area contributed by atoms with Crippen LogP contribution in [0.1, 0.15) is 31.2 Å². The van der Waals surface area contributed by atoms with E-state index in [1.165, 1.54) is 0 Å². The molecule has 0 spiro atoms. The van der Waals surface area contributed by atoms with E-state index in [0.717, 1.165) is 5.56 Å². The zero-order valence-electron chi connectivity index (χ0n) is 13.7. The molecule has 0 unspecified atom stereocenters. The van der Waals surface area contributed by atoms with Crippen molar-refractivity contribution >= 4 is 11.6 Å². The number of ether oxygens (including phenoxy) is 1. The highest BCUT2D eigenvalue weighted by Gasteiger charge is 2.68. The highest BCUT2D eigenvalue weighted by molar-refractivity contribution is 5.93. The maximum atomic E-state index is 13.6. The Kier molecular flexibility index (Phi) is 4.49. The molecule has 1 aliphatic carbocycles. The lowest BCUT2D eigenvalue weighted by atomic mass is 9.80. The van der Waals surface area contributed by atoms with Crippen molar-refractivity contribution in [3.8, 4) is 5.75 Å². The van der Waals surface area contributed by atoms with Gasteiger partial charge < -0.3 is 9.84 Å². The summed E-state index contributed by atoms with van der Waals surface area (Å²) in [6.07, 6.45) is -3.24. The molecule has 1 saturated carbocycles. The molecule has 1 heterocycles. The molecule has 2 aliphatic rings. The molecule has 5 nitrogen and oxygen atoms in total. The van der Waals surface area contributed by atoms with Gasteiger partial charge in [0, 0.05) is 5.71 Å². The first kappa shape index (κ1) is 17.7. The Balaban J connectivity index is 1.82. The highest BCUT2D eigenvalue weighted by Crippen LogP contribution is 2.48. The molecule has 25 heavy (non-hydrogen) atoms. The number of alkyl halides is 3. The second-order valence-corrected chi connectivity index (χ2v) is 6.37. The fraction of sp³-hybridized carbons (Fsp3) is 0.529. The summed E-state index contributed by atoms with van der Waals surface area (Å²) in [5.41, 5.74) is -2.31. The second kappa shape index (κ2) is 6.33. The Morgan fingerprint density at radius 2 is 2.12 bits per heavy atom. The standard InChI is InChI=1S/C17H19F3N2O3/c1-11-6-2-5-9-14(11)25-10-15(23)22-16(24,17(18,19)20)12-7-3-4-8-13(12)21-22/h2,5-6,9,12,24H,3-4,7-8,10H2,1H3/t12-,16+/m0/s1. The van der Waals surface area contributed by atoms with E-state index >= 15 is 0 Å². The van der Waals surface area contributed by atoms with Gasteiger partial charge in [0.1, 0.15) is 5.75 Å². The molecule has 8 heteroatoms. The normalized spacial score (nSPS) is 26.2. The second-order valence-electron chi connectivity index (χ2n) is 6.37. The first-order valence-electron chi connectivity index (χ1n) is 8.13. The summed E-state index contributed by atoms with van der Waals surface area (Å²) in [6, 6.07) is 6.86. The minimum absolute atomic E-state index is 0.150. The average Bonchev–Trinajstić information content (AvgIpc) is 2.88. The molecular formula is C17H19F3N2O3. The summed E-state index contributed by atoms with van der Waals surface area (Å²) in [5, 5.41) is 14.4. The van der Waals surface area contributed by atoms with Crippen molar-refractivity contribution in [3.05, 3.63) is 29.8 Å². The molecular weight excluding hydrogens is 337 g/mol. The Morgan fingerprint density at radius 3 is 2.80 bits per heavy atom. The predicted molar refractivity (Wildman–Crippen MR) is 83.9 cm³/mol. The van der Waals surface area contributed by atoms with Crippen LogP contribution in [-0.2, 0) is 4.79 Å². The van der Waals surface area contributed by atoms with E-state index in [0.29, 0.717) is 25.0 Å². The number of hydrogen-bond acceptors (Lipinski definition) is 4. The maximum Gasteiger partial charge on any atom is 0.439 e. The molecule has 0 bridgehead atoms. The molecule has 1 aromatic carbocycles. The number of carbonyl (C=O) groups excluding carboxylic acids is 1. The summed E-state index contributed by atoms with van der Waals surface area (Å²) < 4.78 is 46.1. The Hall–Kier alpha value is -2.09. The number of aliphatic hydroxyl groups is 1. The molecule has 0 radical (unpaired) electrons. The van der Waals surface area contributed by atoms with Crippen molar-refractivity contribution in [3.63, 3.8) is 0 Å². The molecule has 1 N–H and O–H groups in total. The molecule has 0 aromatic heterocycles. The van der Waals surface area contributed by atoms with Crippen LogP contribution in [0.5, 0.6) is 5.75 Å². The quantitative estimate of drug-likeness (QED) is 0.906. The van der Waals surface area contributed by atoms with E-state index in [1.807, 2.05) is 0 Å². The van der Waals surface area contributed by atoms with Gasteiger partial charge in [-0.05, 0) is 37.8 Å². The van der Waals surface area contributed by atoms with Gasteiger partial charge in [0.05, 0.1) is 5.92 Å². The van der Waals surface area contributed by atoms with E-state index in [2.05, 4.69) is 5.10 Å². The maximum absolute atomic E-state index is 13.6. The summed E-state index contributed by atoms with van der Waals surface area (Å²) in [5.74, 6) is -1.83. The van der Waals surface area contributed by atoms with Gasteiger partial charge in [-0.15, -0.1) is 0 Å². The van der Waals surface area contributed by atoms with Gasteiger partial charge in [-0.2, -0.15) is 23.3 Å². The van der Waals surface area contributed by atoms with Gasteiger partial charge >= 0.3 is 6.18 Å². The van der Waals surface area contributed by atoms with Crippen LogP contribution in [0.15, 0.2) is 29.4 Å². The SMILES string of the molecule is Cc1ccccc1OCC(=O)N1N=C2CCCC[C@@H]2[C@@]1(O)C(F)(F)F. The average molecular weight is 356 g/mol. The third-order valence-corrected chi connectivity index (χ3v) is 4.71. The summed E-state index contributed by atoms with van der Waals surface area (Å²) in [7, 11) is 0. The molecule has 1 amide bonds. The number of rotatable bonds is 3. The lowest BCUT2D eigenvalue weighted by Crippen LogP contribution is -2.62. The first-order chi connectivity index (χ1) is 11.7. The van der Waals surface area contributed by atoms with Gasteiger partial charge in [0.15, 0.2) is 6.61 Å². The van der Waals surface area contributed by atoms with Crippen LogP contribution in [0, 0.1) is 12.8 Å². The smallest absolute Gasteiger partial charge is 0.439 e. The van der Waals surface area contributed by atoms with Gasteiger partial charge in [-0.25, -0.2) is 0 Å². The first-order valence-corrected chi connectivity index (χ1v) is 8.13. The van der Waals surface area contributed by atoms with Gasteiger partial charge in [0.25, 0.3) is 11.6 Å². The number of benzene rings is 1. The Bertz CT molecular complexity index is 705. The predicted octanol–water partition coefficient (Wildman–Crippen LogP) is 3.01. The van der Waals surface area contributed by atoms with Crippen LogP contribution in [0.4, 0.5) is 13.2 Å². The number of amides is 1.